The predicted octanol–water partition coefficient (Wildman–Crippen LogP) is 6.04. The van der Waals surface area contributed by atoms with E-state index in [4.69, 9.17) is 23.2 Å². The number of fused-ring (bicyclic) bond motifs is 1. The van der Waals surface area contributed by atoms with Crippen LogP contribution in [-0.2, 0) is 11.3 Å². The van der Waals surface area contributed by atoms with Gasteiger partial charge in [-0.2, -0.15) is 5.10 Å². The summed E-state index contributed by atoms with van der Waals surface area (Å²) in [7, 11) is 0. The summed E-state index contributed by atoms with van der Waals surface area (Å²) in [5.41, 5.74) is 4.97. The molecule has 1 atom stereocenters. The molecule has 4 rings (SSSR count). The van der Waals surface area contributed by atoms with E-state index in [1.165, 1.54) is 24.4 Å². The number of carbonyl (C=O) groups excluding carboxylic acids is 2. The first-order valence-corrected chi connectivity index (χ1v) is 12.4. The molecule has 3 aromatic carbocycles. The van der Waals surface area contributed by atoms with Crippen molar-refractivity contribution in [2.75, 3.05) is 0 Å². The van der Waals surface area contributed by atoms with Crippen molar-refractivity contribution >= 4 is 52.1 Å². The van der Waals surface area contributed by atoms with Crippen LogP contribution in [0.2, 0.25) is 10.0 Å². The van der Waals surface area contributed by atoms with Crippen molar-refractivity contribution < 1.29 is 14.0 Å². The van der Waals surface area contributed by atoms with Gasteiger partial charge in [-0.05, 0) is 36.2 Å². The maximum absolute atomic E-state index is 14.2. The molecule has 0 aliphatic rings. The van der Waals surface area contributed by atoms with Crippen LogP contribution in [0.1, 0.15) is 35.3 Å². The highest BCUT2D eigenvalue weighted by molar-refractivity contribution is 6.36. The predicted molar refractivity (Wildman–Crippen MR) is 146 cm³/mol. The SMILES string of the molecule is CC(C)C(NC(=O)c1ccc(Cl)cc1Cl)C(=O)NN=Cc1cn(Cc2ccccc2F)c2ccccc12. The Morgan fingerprint density at radius 1 is 1.05 bits per heavy atom. The van der Waals surface area contributed by atoms with Crippen LogP contribution < -0.4 is 10.7 Å². The van der Waals surface area contributed by atoms with Gasteiger partial charge in [-0.25, -0.2) is 9.82 Å². The molecular formula is C28H25Cl2FN4O2. The van der Waals surface area contributed by atoms with Crippen LogP contribution in [0.5, 0.6) is 0 Å². The van der Waals surface area contributed by atoms with Gasteiger partial charge >= 0.3 is 0 Å². The van der Waals surface area contributed by atoms with Gasteiger partial charge in [0.2, 0.25) is 0 Å². The van der Waals surface area contributed by atoms with Gasteiger partial charge in [0, 0.05) is 33.2 Å². The third kappa shape index (κ3) is 6.18. The zero-order valence-electron chi connectivity index (χ0n) is 20.2. The number of nitrogens with one attached hydrogen (secondary N) is 2. The standard InChI is InChI=1S/C28H25Cl2FN4O2/c1-17(2)26(33-27(36)22-12-11-20(29)13-23(22)30)28(37)34-32-14-19-16-35(25-10-6-4-8-21(19)25)15-18-7-3-5-9-24(18)31/h3-14,16-17,26H,15H2,1-2H3,(H,33,36)(H,34,37). The Labute approximate surface area is 224 Å². The van der Waals surface area contributed by atoms with Gasteiger partial charge in [0.1, 0.15) is 11.9 Å². The average Bonchev–Trinajstić information content (AvgIpc) is 3.21. The molecule has 0 saturated carbocycles. The molecule has 9 heteroatoms. The molecular weight excluding hydrogens is 514 g/mol. The molecule has 190 valence electrons. The van der Waals surface area contributed by atoms with Gasteiger partial charge in [-0.15, -0.1) is 0 Å². The van der Waals surface area contributed by atoms with Crippen LogP contribution in [-0.4, -0.2) is 28.6 Å². The second-order valence-electron chi connectivity index (χ2n) is 8.87. The van der Waals surface area contributed by atoms with Crippen molar-refractivity contribution in [3.63, 3.8) is 0 Å². The van der Waals surface area contributed by atoms with Crippen LogP contribution >= 0.6 is 23.2 Å². The summed E-state index contributed by atoms with van der Waals surface area (Å²) in [6.45, 7) is 3.98. The number of nitrogens with zero attached hydrogens (tertiary/aromatic N) is 2. The molecule has 0 bridgehead atoms. The first-order chi connectivity index (χ1) is 17.7. The molecule has 6 nitrogen and oxygen atoms in total. The number of carbonyl (C=O) groups is 2. The van der Waals surface area contributed by atoms with E-state index >= 15 is 0 Å². The Morgan fingerprint density at radius 2 is 1.78 bits per heavy atom. The Bertz CT molecular complexity index is 1480. The lowest BCUT2D eigenvalue weighted by molar-refractivity contribution is -0.123. The van der Waals surface area contributed by atoms with E-state index in [1.54, 1.807) is 24.3 Å². The summed E-state index contributed by atoms with van der Waals surface area (Å²) in [6.07, 6.45) is 3.39. The van der Waals surface area contributed by atoms with Crippen molar-refractivity contribution in [1.82, 2.24) is 15.3 Å². The first-order valence-electron chi connectivity index (χ1n) is 11.6. The van der Waals surface area contributed by atoms with Crippen LogP contribution in [0.15, 0.2) is 78.0 Å². The van der Waals surface area contributed by atoms with Crippen molar-refractivity contribution in [2.24, 2.45) is 11.0 Å². The number of para-hydroxylation sites is 1. The molecule has 1 heterocycles. The van der Waals surface area contributed by atoms with Crippen LogP contribution in [0.25, 0.3) is 10.9 Å². The quantitative estimate of drug-likeness (QED) is 0.212. The summed E-state index contributed by atoms with van der Waals surface area (Å²) >= 11 is 12.0. The van der Waals surface area contributed by atoms with Gasteiger partial charge in [0.05, 0.1) is 23.3 Å². The molecule has 2 N–H and O–H groups in total. The lowest BCUT2D eigenvalue weighted by Crippen LogP contribution is -2.48. The number of benzene rings is 3. The summed E-state index contributed by atoms with van der Waals surface area (Å²) in [5.74, 6) is -1.45. The Kier molecular flexibility index (Phi) is 8.26. The highest BCUT2D eigenvalue weighted by Gasteiger charge is 2.25. The minimum atomic E-state index is -0.848. The van der Waals surface area contributed by atoms with Crippen LogP contribution in [0, 0.1) is 11.7 Å². The monoisotopic (exact) mass is 538 g/mol. The number of amides is 2. The lowest BCUT2D eigenvalue weighted by atomic mass is 10.0. The third-order valence-electron chi connectivity index (χ3n) is 5.91. The fraction of sp³-hybridized carbons (Fsp3) is 0.179. The molecule has 0 fully saturated rings. The number of hydrogen-bond acceptors (Lipinski definition) is 3. The van der Waals surface area contributed by atoms with E-state index in [0.29, 0.717) is 17.1 Å². The number of hydrazone groups is 1. The molecule has 0 spiro atoms. The normalized spacial score (nSPS) is 12.3. The highest BCUT2D eigenvalue weighted by atomic mass is 35.5. The summed E-state index contributed by atoms with van der Waals surface area (Å²) in [5, 5.41) is 8.36. The molecule has 2 amide bonds. The van der Waals surface area contributed by atoms with E-state index < -0.39 is 17.9 Å². The molecule has 0 aliphatic carbocycles. The highest BCUT2D eigenvalue weighted by Crippen LogP contribution is 2.23. The summed E-state index contributed by atoms with van der Waals surface area (Å²) in [6, 6.07) is 18.0. The van der Waals surface area contributed by atoms with Crippen LogP contribution in [0.4, 0.5) is 4.39 Å². The van der Waals surface area contributed by atoms with E-state index in [1.807, 2.05) is 48.9 Å². The molecule has 37 heavy (non-hydrogen) atoms. The summed E-state index contributed by atoms with van der Waals surface area (Å²) < 4.78 is 16.2. The van der Waals surface area contributed by atoms with Gasteiger partial charge in [0.15, 0.2) is 0 Å². The van der Waals surface area contributed by atoms with E-state index in [2.05, 4.69) is 15.8 Å². The summed E-state index contributed by atoms with van der Waals surface area (Å²) in [4.78, 5) is 25.6. The molecule has 4 aromatic rings. The van der Waals surface area contributed by atoms with E-state index in [-0.39, 0.29) is 22.3 Å². The fourth-order valence-corrected chi connectivity index (χ4v) is 4.48. The second-order valence-corrected chi connectivity index (χ2v) is 9.72. The van der Waals surface area contributed by atoms with Crippen molar-refractivity contribution in [2.45, 2.75) is 26.4 Å². The zero-order valence-corrected chi connectivity index (χ0v) is 21.7. The van der Waals surface area contributed by atoms with Gasteiger partial charge in [-0.3, -0.25) is 9.59 Å². The van der Waals surface area contributed by atoms with Crippen molar-refractivity contribution in [3.05, 3.63) is 105 Å². The molecule has 1 aromatic heterocycles. The van der Waals surface area contributed by atoms with Gasteiger partial charge in [-0.1, -0.05) is 73.4 Å². The van der Waals surface area contributed by atoms with Crippen LogP contribution in [0.3, 0.4) is 0 Å². The number of aromatic nitrogens is 1. The second kappa shape index (κ2) is 11.6. The van der Waals surface area contributed by atoms with Gasteiger partial charge in [0.25, 0.3) is 11.8 Å². The number of rotatable bonds is 8. The lowest BCUT2D eigenvalue weighted by Gasteiger charge is -2.20. The van der Waals surface area contributed by atoms with Crippen molar-refractivity contribution in [1.29, 1.82) is 0 Å². The number of halogens is 3. The van der Waals surface area contributed by atoms with Crippen molar-refractivity contribution in [3.8, 4) is 0 Å². The molecule has 0 saturated heterocycles. The van der Waals surface area contributed by atoms with E-state index in [0.717, 1.165) is 16.5 Å². The first kappa shape index (κ1) is 26.4. The maximum atomic E-state index is 14.2. The third-order valence-corrected chi connectivity index (χ3v) is 6.46. The minimum absolute atomic E-state index is 0.192. The Balaban J connectivity index is 1.50. The van der Waals surface area contributed by atoms with E-state index in [9.17, 15) is 14.0 Å². The largest absolute Gasteiger partial charge is 0.342 e. The van der Waals surface area contributed by atoms with Gasteiger partial charge < -0.3 is 9.88 Å². The maximum Gasteiger partial charge on any atom is 0.262 e. The molecule has 1 unspecified atom stereocenters. The average molecular weight is 539 g/mol. The Morgan fingerprint density at radius 3 is 2.51 bits per heavy atom. The number of hydrogen-bond donors (Lipinski definition) is 2. The zero-order chi connectivity index (χ0) is 26.5. The molecule has 0 aliphatic heterocycles. The Hall–Kier alpha value is -3.68. The molecule has 0 radical (unpaired) electrons. The fourth-order valence-electron chi connectivity index (χ4n) is 3.98. The minimum Gasteiger partial charge on any atom is -0.342 e. The topological polar surface area (TPSA) is 75.5 Å². The smallest absolute Gasteiger partial charge is 0.262 e.